The van der Waals surface area contributed by atoms with Gasteiger partial charge in [-0.25, -0.2) is 0 Å². The first-order valence-electron chi connectivity index (χ1n) is 7.95. The Morgan fingerprint density at radius 2 is 1.96 bits per heavy atom. The number of aryl methyl sites for hydroxylation is 1. The molecule has 0 spiro atoms. The zero-order chi connectivity index (χ0) is 17.1. The molecule has 5 nitrogen and oxygen atoms in total. The fraction of sp³-hybridized carbons (Fsp3) is 0.412. The summed E-state index contributed by atoms with van der Waals surface area (Å²) in [4.78, 5) is 16.6. The van der Waals surface area contributed by atoms with Crippen LogP contribution in [0.4, 0.5) is 0 Å². The Morgan fingerprint density at radius 3 is 2.58 bits per heavy atom. The molecule has 1 aliphatic rings. The van der Waals surface area contributed by atoms with Gasteiger partial charge < -0.3 is 4.90 Å². The molecule has 1 aromatic carbocycles. The Morgan fingerprint density at radius 1 is 1.21 bits per heavy atom. The van der Waals surface area contributed by atoms with Gasteiger partial charge in [-0.15, -0.1) is 0 Å². The van der Waals surface area contributed by atoms with E-state index in [1.165, 1.54) is 5.56 Å². The summed E-state index contributed by atoms with van der Waals surface area (Å²) in [6.45, 7) is 6.10. The number of amides is 1. The van der Waals surface area contributed by atoms with E-state index < -0.39 is 0 Å². The van der Waals surface area contributed by atoms with E-state index in [1.807, 2.05) is 30.0 Å². The van der Waals surface area contributed by atoms with Crippen LogP contribution >= 0.6 is 23.2 Å². The second-order valence-corrected chi connectivity index (χ2v) is 6.89. The number of carbonyl (C=O) groups excluding carboxylic acids is 1. The van der Waals surface area contributed by atoms with Gasteiger partial charge in [-0.2, -0.15) is 5.10 Å². The van der Waals surface area contributed by atoms with E-state index in [0.717, 1.165) is 43.4 Å². The lowest BCUT2D eigenvalue weighted by Gasteiger charge is -2.34. The maximum atomic E-state index is 12.4. The molecule has 2 aromatic rings. The molecular weight excluding hydrogens is 347 g/mol. The van der Waals surface area contributed by atoms with E-state index in [4.69, 9.17) is 23.2 Å². The predicted octanol–water partition coefficient (Wildman–Crippen LogP) is 2.84. The van der Waals surface area contributed by atoms with Gasteiger partial charge in [-0.1, -0.05) is 35.3 Å². The molecular formula is C17H20Cl2N4O. The Balaban J connectivity index is 1.50. The first-order chi connectivity index (χ1) is 11.5. The van der Waals surface area contributed by atoms with E-state index in [9.17, 15) is 4.79 Å². The summed E-state index contributed by atoms with van der Waals surface area (Å²) in [5.41, 5.74) is 1.94. The first kappa shape index (κ1) is 17.3. The van der Waals surface area contributed by atoms with Gasteiger partial charge in [0.05, 0.1) is 10.7 Å². The van der Waals surface area contributed by atoms with Gasteiger partial charge in [0.25, 0.3) is 0 Å². The minimum Gasteiger partial charge on any atom is -0.339 e. The van der Waals surface area contributed by atoms with Gasteiger partial charge in [-0.05, 0) is 24.6 Å². The van der Waals surface area contributed by atoms with Crippen LogP contribution < -0.4 is 0 Å². The Hall–Kier alpha value is -1.56. The average molecular weight is 367 g/mol. The Kier molecular flexibility index (Phi) is 5.43. The second kappa shape index (κ2) is 7.55. The van der Waals surface area contributed by atoms with Crippen molar-refractivity contribution in [2.75, 3.05) is 26.2 Å². The lowest BCUT2D eigenvalue weighted by atomic mass is 10.2. The molecule has 0 unspecified atom stereocenters. The monoisotopic (exact) mass is 366 g/mol. The van der Waals surface area contributed by atoms with Crippen LogP contribution in [0, 0.1) is 6.92 Å². The molecule has 0 N–H and O–H groups in total. The van der Waals surface area contributed by atoms with Gasteiger partial charge in [-0.3, -0.25) is 14.4 Å². The van der Waals surface area contributed by atoms with Crippen LogP contribution in [0.1, 0.15) is 11.3 Å². The van der Waals surface area contributed by atoms with Crippen LogP contribution in [0.3, 0.4) is 0 Å². The molecule has 1 aromatic heterocycles. The summed E-state index contributed by atoms with van der Waals surface area (Å²) in [5, 5.41) is 5.59. The van der Waals surface area contributed by atoms with Crippen molar-refractivity contribution in [2.24, 2.45) is 0 Å². The highest BCUT2D eigenvalue weighted by Crippen LogP contribution is 2.15. The van der Waals surface area contributed by atoms with Crippen molar-refractivity contribution in [1.82, 2.24) is 19.6 Å². The third kappa shape index (κ3) is 4.29. The lowest BCUT2D eigenvalue weighted by molar-refractivity contribution is -0.133. The van der Waals surface area contributed by atoms with Gasteiger partial charge >= 0.3 is 0 Å². The average Bonchev–Trinajstić information content (AvgIpc) is 2.86. The minimum atomic E-state index is 0.0802. The van der Waals surface area contributed by atoms with Gasteiger partial charge in [0, 0.05) is 43.9 Å². The maximum absolute atomic E-state index is 12.4. The normalized spacial score (nSPS) is 15.7. The molecule has 1 aliphatic heterocycles. The second-order valence-electron chi connectivity index (χ2n) is 6.05. The van der Waals surface area contributed by atoms with E-state index in [0.29, 0.717) is 5.02 Å². The van der Waals surface area contributed by atoms with Crippen molar-refractivity contribution >= 4 is 29.1 Å². The number of piperazine rings is 1. The third-order valence-corrected chi connectivity index (χ3v) is 4.81. The predicted molar refractivity (Wildman–Crippen MR) is 95.3 cm³/mol. The van der Waals surface area contributed by atoms with Crippen LogP contribution in [0.25, 0.3) is 0 Å². The van der Waals surface area contributed by atoms with Crippen LogP contribution in [0.15, 0.2) is 30.5 Å². The number of rotatable bonds is 4. The molecule has 0 radical (unpaired) electrons. The van der Waals surface area contributed by atoms with Gasteiger partial charge in [0.15, 0.2) is 0 Å². The summed E-state index contributed by atoms with van der Waals surface area (Å²) in [6.07, 6.45) is 1.70. The number of aromatic nitrogens is 2. The molecule has 3 rings (SSSR count). The topological polar surface area (TPSA) is 41.4 Å². The molecule has 7 heteroatoms. The van der Waals surface area contributed by atoms with Crippen molar-refractivity contribution in [1.29, 1.82) is 0 Å². The summed E-state index contributed by atoms with van der Waals surface area (Å²) >= 11 is 12.0. The molecule has 1 saturated heterocycles. The van der Waals surface area contributed by atoms with Crippen molar-refractivity contribution in [3.05, 3.63) is 51.8 Å². The zero-order valence-corrected chi connectivity index (χ0v) is 15.1. The number of hydrogen-bond acceptors (Lipinski definition) is 3. The summed E-state index contributed by atoms with van der Waals surface area (Å²) in [5.74, 6) is 0.0802. The molecule has 2 heterocycles. The number of halogens is 2. The maximum Gasteiger partial charge on any atom is 0.244 e. The van der Waals surface area contributed by atoms with Crippen LogP contribution in [-0.2, 0) is 17.9 Å². The van der Waals surface area contributed by atoms with E-state index >= 15 is 0 Å². The highest BCUT2D eigenvalue weighted by molar-refractivity contribution is 6.31. The largest absolute Gasteiger partial charge is 0.339 e. The highest BCUT2D eigenvalue weighted by atomic mass is 35.5. The van der Waals surface area contributed by atoms with E-state index in [1.54, 1.807) is 10.9 Å². The van der Waals surface area contributed by atoms with E-state index in [-0.39, 0.29) is 12.5 Å². The van der Waals surface area contributed by atoms with Crippen LogP contribution in [-0.4, -0.2) is 51.7 Å². The quantitative estimate of drug-likeness (QED) is 0.835. The molecule has 0 aliphatic carbocycles. The minimum absolute atomic E-state index is 0.0802. The number of nitrogens with zero attached hydrogens (tertiary/aromatic N) is 4. The third-order valence-electron chi connectivity index (χ3n) is 4.20. The van der Waals surface area contributed by atoms with E-state index in [2.05, 4.69) is 16.1 Å². The van der Waals surface area contributed by atoms with Crippen molar-refractivity contribution in [3.63, 3.8) is 0 Å². The Bertz CT molecular complexity index is 704. The molecule has 24 heavy (non-hydrogen) atoms. The molecule has 0 bridgehead atoms. The van der Waals surface area contributed by atoms with Crippen LogP contribution in [0.5, 0.6) is 0 Å². The fourth-order valence-electron chi connectivity index (χ4n) is 2.86. The highest BCUT2D eigenvalue weighted by Gasteiger charge is 2.21. The molecule has 128 valence electrons. The summed E-state index contributed by atoms with van der Waals surface area (Å²) < 4.78 is 1.61. The van der Waals surface area contributed by atoms with Gasteiger partial charge in [0.2, 0.25) is 5.91 Å². The van der Waals surface area contributed by atoms with Crippen molar-refractivity contribution in [3.8, 4) is 0 Å². The van der Waals surface area contributed by atoms with Gasteiger partial charge in [0.1, 0.15) is 6.54 Å². The van der Waals surface area contributed by atoms with Crippen molar-refractivity contribution in [2.45, 2.75) is 20.0 Å². The first-order valence-corrected chi connectivity index (χ1v) is 8.71. The number of carbonyl (C=O) groups is 1. The molecule has 0 atom stereocenters. The van der Waals surface area contributed by atoms with Crippen LogP contribution in [0.2, 0.25) is 10.0 Å². The molecule has 1 fully saturated rings. The lowest BCUT2D eigenvalue weighted by Crippen LogP contribution is -2.49. The summed E-state index contributed by atoms with van der Waals surface area (Å²) in [7, 11) is 0. The zero-order valence-electron chi connectivity index (χ0n) is 13.6. The fourth-order valence-corrected chi connectivity index (χ4v) is 3.23. The standard InChI is InChI=1S/C17H20Cl2N4O/c1-13-16(19)11-23(20-13)12-17(24)22-7-5-21(6-8-22)10-14-3-2-4-15(18)9-14/h2-4,9,11H,5-8,10,12H2,1H3. The SMILES string of the molecule is Cc1nn(CC(=O)N2CCN(Cc3cccc(Cl)c3)CC2)cc1Cl. The van der Waals surface area contributed by atoms with Crippen molar-refractivity contribution < 1.29 is 4.79 Å². The smallest absolute Gasteiger partial charge is 0.244 e. The molecule has 1 amide bonds. The Labute approximate surface area is 151 Å². The number of hydrogen-bond donors (Lipinski definition) is 0. The summed E-state index contributed by atoms with van der Waals surface area (Å²) in [6, 6.07) is 7.91. The number of benzene rings is 1. The molecule has 0 saturated carbocycles.